The van der Waals surface area contributed by atoms with Gasteiger partial charge in [-0.15, -0.1) is 23.2 Å². The molecule has 2 aliphatic heterocycles. The maximum atomic E-state index is 15.2. The van der Waals surface area contributed by atoms with E-state index in [1.54, 1.807) is 43.3 Å². The number of carbonyl (C=O) groups excluding carboxylic acids is 4. The van der Waals surface area contributed by atoms with Gasteiger partial charge >= 0.3 is 0 Å². The van der Waals surface area contributed by atoms with Crippen LogP contribution in [0.25, 0.3) is 10.8 Å². The summed E-state index contributed by atoms with van der Waals surface area (Å²) in [5.74, 6) is -21.4. The Morgan fingerprint density at radius 3 is 2.13 bits per heavy atom. The number of hydrogen-bond acceptors (Lipinski definition) is 5. The van der Waals surface area contributed by atoms with Crippen LogP contribution in [0.15, 0.2) is 48.0 Å². The molecule has 2 aliphatic carbocycles. The number of phenols is 1. The van der Waals surface area contributed by atoms with Crippen LogP contribution in [0, 0.1) is 46.8 Å². The zero-order valence-electron chi connectivity index (χ0n) is 23.6. The summed E-state index contributed by atoms with van der Waals surface area (Å²) in [5, 5.41) is 12.2. The maximum absolute atomic E-state index is 15.2. The van der Waals surface area contributed by atoms with Crippen LogP contribution in [0.4, 0.5) is 27.6 Å². The molecule has 3 aromatic rings. The molecule has 0 spiro atoms. The number of halogens is 7. The number of amides is 4. The van der Waals surface area contributed by atoms with E-state index in [1.807, 2.05) is 0 Å². The summed E-state index contributed by atoms with van der Waals surface area (Å²) in [7, 11) is 0. The Morgan fingerprint density at radius 1 is 0.848 bits per heavy atom. The van der Waals surface area contributed by atoms with E-state index in [4.69, 9.17) is 23.2 Å². The van der Waals surface area contributed by atoms with Crippen molar-refractivity contribution in [3.05, 3.63) is 82.7 Å². The fraction of sp³-hybridized carbons (Fsp3) is 0.312. The fourth-order valence-electron chi connectivity index (χ4n) is 7.85. The molecule has 2 heterocycles. The second-order valence-corrected chi connectivity index (χ2v) is 13.1. The molecule has 4 aliphatic rings. The van der Waals surface area contributed by atoms with Crippen LogP contribution in [-0.4, -0.2) is 49.9 Å². The number of anilines is 1. The first-order valence-electron chi connectivity index (χ1n) is 14.3. The molecule has 3 fully saturated rings. The highest BCUT2D eigenvalue weighted by Crippen LogP contribution is 2.67. The van der Waals surface area contributed by atoms with Crippen LogP contribution >= 0.6 is 23.2 Å². The van der Waals surface area contributed by atoms with E-state index < -0.39 is 104 Å². The van der Waals surface area contributed by atoms with Crippen LogP contribution in [0.1, 0.15) is 31.2 Å². The Kier molecular flexibility index (Phi) is 6.64. The normalized spacial score (nSPS) is 30.6. The number of phenolic OH excluding ortho intramolecular Hbond substituents is 1. The SMILES string of the molecule is CCN1C(=O)C2CC=C3C(CC4(Cl)C(=O)N(c5c(F)c(F)c(F)c(F)c5F)C(=O)C4(Cl)C3c3c(O)ccc4ccccc34)C2C1=O. The summed E-state index contributed by atoms with van der Waals surface area (Å²) >= 11 is 14.3. The summed E-state index contributed by atoms with van der Waals surface area (Å²) in [6, 6.07) is 9.44. The summed E-state index contributed by atoms with van der Waals surface area (Å²) < 4.78 is 73.1. The molecule has 1 N–H and O–H groups in total. The fourth-order valence-corrected chi connectivity index (χ4v) is 8.77. The molecule has 0 bridgehead atoms. The van der Waals surface area contributed by atoms with Crippen molar-refractivity contribution in [1.29, 1.82) is 0 Å². The van der Waals surface area contributed by atoms with Gasteiger partial charge in [0.1, 0.15) is 11.4 Å². The highest BCUT2D eigenvalue weighted by molar-refractivity contribution is 6.58. The van der Waals surface area contributed by atoms with Crippen molar-refractivity contribution < 1.29 is 46.2 Å². The molecular weight excluding hydrogens is 658 g/mol. The average molecular weight is 679 g/mol. The lowest BCUT2D eigenvalue weighted by Crippen LogP contribution is -2.60. The molecule has 238 valence electrons. The zero-order valence-corrected chi connectivity index (χ0v) is 25.1. The summed E-state index contributed by atoms with van der Waals surface area (Å²) in [6.45, 7) is 1.66. The molecule has 0 aromatic heterocycles. The van der Waals surface area contributed by atoms with Crippen molar-refractivity contribution in [2.75, 3.05) is 11.4 Å². The second kappa shape index (κ2) is 9.98. The molecule has 1 saturated carbocycles. The van der Waals surface area contributed by atoms with Crippen molar-refractivity contribution in [2.45, 2.75) is 35.4 Å². The van der Waals surface area contributed by atoms with Crippen LogP contribution in [0.3, 0.4) is 0 Å². The largest absolute Gasteiger partial charge is 0.508 e. The molecule has 2 saturated heterocycles. The number of alkyl halides is 2. The van der Waals surface area contributed by atoms with Gasteiger partial charge in [0.05, 0.1) is 11.8 Å². The number of aromatic hydroxyl groups is 1. The van der Waals surface area contributed by atoms with Crippen molar-refractivity contribution >= 4 is 63.3 Å². The standard InChI is InChI=1S/C32H21Cl2F5N2O5/c1-2-40-27(43)15-9-8-14-16(18(15)28(40)44)11-31(33)29(45)41(26-24(38)22(36)21(35)23(37)25(26)39)30(46)32(31,34)20(14)19-13-6-4-3-5-12(13)7-10-17(19)42/h3-8,10,15-16,18,20,42H,2,9,11H2,1H3. The Labute approximate surface area is 267 Å². The molecule has 7 nitrogen and oxygen atoms in total. The number of fused-ring (bicyclic) bond motifs is 5. The quantitative estimate of drug-likeness (QED) is 0.0941. The highest BCUT2D eigenvalue weighted by Gasteiger charge is 2.77. The molecule has 6 atom stereocenters. The Morgan fingerprint density at radius 2 is 1.48 bits per heavy atom. The van der Waals surface area contributed by atoms with Gasteiger partial charge in [-0.2, -0.15) is 0 Å². The first-order chi connectivity index (χ1) is 21.7. The minimum Gasteiger partial charge on any atom is -0.508 e. The van der Waals surface area contributed by atoms with Gasteiger partial charge in [-0.05, 0) is 42.5 Å². The Bertz CT molecular complexity index is 1960. The first-order valence-corrected chi connectivity index (χ1v) is 15.0. The van der Waals surface area contributed by atoms with E-state index in [0.29, 0.717) is 10.8 Å². The van der Waals surface area contributed by atoms with E-state index in [1.165, 1.54) is 6.07 Å². The molecule has 0 radical (unpaired) electrons. The number of carbonyl (C=O) groups is 4. The minimum absolute atomic E-state index is 0.0166. The van der Waals surface area contributed by atoms with E-state index in [2.05, 4.69) is 0 Å². The Hall–Kier alpha value is -4.03. The number of nitrogens with zero attached hydrogens (tertiary/aromatic N) is 2. The lowest BCUT2D eigenvalue weighted by Gasteiger charge is -2.51. The molecule has 4 amide bonds. The number of hydrogen-bond donors (Lipinski definition) is 1. The predicted molar refractivity (Wildman–Crippen MR) is 154 cm³/mol. The van der Waals surface area contributed by atoms with Gasteiger partial charge in [-0.3, -0.25) is 24.1 Å². The third kappa shape index (κ3) is 3.54. The average Bonchev–Trinajstić information content (AvgIpc) is 3.37. The van der Waals surface area contributed by atoms with Gasteiger partial charge in [-0.1, -0.05) is 42.0 Å². The lowest BCUT2D eigenvalue weighted by atomic mass is 9.56. The molecular formula is C32H21Cl2F5N2O5. The summed E-state index contributed by atoms with van der Waals surface area (Å²) in [4.78, 5) is 50.9. The third-order valence-electron chi connectivity index (χ3n) is 9.87. The van der Waals surface area contributed by atoms with E-state index >= 15 is 8.78 Å². The number of rotatable bonds is 3. The molecule has 3 aromatic carbocycles. The second-order valence-electron chi connectivity index (χ2n) is 11.8. The smallest absolute Gasteiger partial charge is 0.258 e. The highest BCUT2D eigenvalue weighted by atomic mass is 35.5. The van der Waals surface area contributed by atoms with E-state index in [9.17, 15) is 37.5 Å². The molecule has 14 heteroatoms. The third-order valence-corrected chi connectivity index (χ3v) is 11.3. The van der Waals surface area contributed by atoms with Crippen LogP contribution in [-0.2, 0) is 19.2 Å². The van der Waals surface area contributed by atoms with Crippen LogP contribution in [0.5, 0.6) is 5.75 Å². The van der Waals surface area contributed by atoms with E-state index in [-0.39, 0.29) is 29.0 Å². The van der Waals surface area contributed by atoms with Gasteiger partial charge in [0, 0.05) is 18.0 Å². The Balaban J connectivity index is 1.53. The lowest BCUT2D eigenvalue weighted by molar-refractivity contribution is -0.140. The number of imide groups is 2. The number of allylic oxidation sites excluding steroid dienone is 2. The topological polar surface area (TPSA) is 95.0 Å². The van der Waals surface area contributed by atoms with Crippen molar-refractivity contribution in [3.8, 4) is 5.75 Å². The van der Waals surface area contributed by atoms with Gasteiger partial charge in [0.2, 0.25) is 17.6 Å². The van der Waals surface area contributed by atoms with E-state index in [0.717, 1.165) is 4.90 Å². The van der Waals surface area contributed by atoms with Crippen molar-refractivity contribution in [1.82, 2.24) is 4.90 Å². The molecule has 6 unspecified atom stereocenters. The summed E-state index contributed by atoms with van der Waals surface area (Å²) in [6.07, 6.45) is 0.993. The van der Waals surface area contributed by atoms with Gasteiger partial charge < -0.3 is 5.11 Å². The molecule has 46 heavy (non-hydrogen) atoms. The van der Waals surface area contributed by atoms with Gasteiger partial charge in [0.25, 0.3) is 11.8 Å². The van der Waals surface area contributed by atoms with Crippen LogP contribution < -0.4 is 4.90 Å². The van der Waals surface area contributed by atoms with Crippen molar-refractivity contribution in [2.24, 2.45) is 17.8 Å². The van der Waals surface area contributed by atoms with Crippen LogP contribution in [0.2, 0.25) is 0 Å². The minimum atomic E-state index is -2.72. The zero-order chi connectivity index (χ0) is 33.2. The van der Waals surface area contributed by atoms with Crippen molar-refractivity contribution in [3.63, 3.8) is 0 Å². The monoisotopic (exact) mass is 678 g/mol. The number of likely N-dealkylation sites (tertiary alicyclic amines) is 1. The summed E-state index contributed by atoms with van der Waals surface area (Å²) in [5.41, 5.74) is -1.61. The van der Waals surface area contributed by atoms with Gasteiger partial charge in [0.15, 0.2) is 33.0 Å². The predicted octanol–water partition coefficient (Wildman–Crippen LogP) is 5.82. The number of benzene rings is 3. The molecule has 7 rings (SSSR count). The maximum Gasteiger partial charge on any atom is 0.258 e. The first kappa shape index (κ1) is 30.6. The van der Waals surface area contributed by atoms with Gasteiger partial charge in [-0.25, -0.2) is 26.9 Å².